The Bertz CT molecular complexity index is 1020. The summed E-state index contributed by atoms with van der Waals surface area (Å²) >= 11 is 0. The summed E-state index contributed by atoms with van der Waals surface area (Å²) in [7, 11) is 1.65. The molecule has 0 spiro atoms. The van der Waals surface area contributed by atoms with Gasteiger partial charge in [0.2, 0.25) is 11.9 Å². The van der Waals surface area contributed by atoms with Gasteiger partial charge in [-0.2, -0.15) is 0 Å². The van der Waals surface area contributed by atoms with Gasteiger partial charge in [0.1, 0.15) is 17.7 Å². The lowest BCUT2D eigenvalue weighted by atomic mass is 10.0. The second-order valence-corrected chi connectivity index (χ2v) is 9.31. The predicted octanol–water partition coefficient (Wildman–Crippen LogP) is 2.42. The van der Waals surface area contributed by atoms with E-state index >= 15 is 0 Å². The molecule has 9 heteroatoms. The fourth-order valence-corrected chi connectivity index (χ4v) is 4.74. The largest absolute Gasteiger partial charge is 0.497 e. The fraction of sp³-hybridized carbons (Fsp3) is 0.500. The molecule has 3 heterocycles. The van der Waals surface area contributed by atoms with Crippen molar-refractivity contribution in [1.29, 1.82) is 0 Å². The van der Waals surface area contributed by atoms with Gasteiger partial charge in [-0.25, -0.2) is 9.98 Å². The van der Waals surface area contributed by atoms with E-state index in [1.54, 1.807) is 19.6 Å². The molecule has 1 amide bonds. The molecule has 0 aliphatic carbocycles. The second kappa shape index (κ2) is 11.5. The van der Waals surface area contributed by atoms with Gasteiger partial charge < -0.3 is 20.3 Å². The van der Waals surface area contributed by atoms with Crippen molar-refractivity contribution in [2.24, 2.45) is 4.99 Å². The van der Waals surface area contributed by atoms with Crippen LogP contribution in [0.15, 0.2) is 60.3 Å². The van der Waals surface area contributed by atoms with E-state index in [2.05, 4.69) is 45.3 Å². The maximum Gasteiger partial charge on any atom is 0.221 e. The molecule has 1 fully saturated rings. The Balaban J connectivity index is 1.46. The smallest absolute Gasteiger partial charge is 0.221 e. The van der Waals surface area contributed by atoms with Crippen molar-refractivity contribution in [1.82, 2.24) is 30.0 Å². The molecule has 0 saturated carbocycles. The molecular formula is C26H37N7O2. The molecule has 4 rings (SSSR count). The molecule has 1 aromatic heterocycles. The number of imidazole rings is 1. The molecule has 1 aromatic carbocycles. The van der Waals surface area contributed by atoms with Crippen molar-refractivity contribution in [3.8, 4) is 5.75 Å². The fourth-order valence-electron chi connectivity index (χ4n) is 4.74. The summed E-state index contributed by atoms with van der Waals surface area (Å²) in [6.45, 7) is 8.56. The van der Waals surface area contributed by atoms with E-state index in [9.17, 15) is 4.79 Å². The number of nitrogens with zero attached hydrogens (tertiary/aromatic N) is 5. The number of hydrogen-bond acceptors (Lipinski definition) is 7. The van der Waals surface area contributed by atoms with E-state index < -0.39 is 5.66 Å². The van der Waals surface area contributed by atoms with Crippen LogP contribution in [-0.4, -0.2) is 76.2 Å². The SMILES string of the molecule is CCCCN1CCN(C2(C)C=CNC(n3ccnc3)=N2)C(CC(=O)NCc2ccc(OC)cc2)C1. The average molecular weight is 480 g/mol. The number of carbonyl (C=O) groups is 1. The third-order valence-electron chi connectivity index (χ3n) is 6.74. The number of aliphatic imine (C=N–C) groups is 1. The first-order valence-corrected chi connectivity index (χ1v) is 12.4. The molecule has 9 nitrogen and oxygen atoms in total. The molecule has 2 aliphatic rings. The number of aromatic nitrogens is 2. The van der Waals surface area contributed by atoms with Gasteiger partial charge in [0.25, 0.3) is 0 Å². The maximum atomic E-state index is 13.1. The molecule has 2 aromatic rings. The van der Waals surface area contributed by atoms with E-state index in [1.807, 2.05) is 41.2 Å². The van der Waals surface area contributed by atoms with Crippen LogP contribution in [0.4, 0.5) is 0 Å². The molecule has 2 N–H and O–H groups in total. The van der Waals surface area contributed by atoms with Crippen LogP contribution in [0.25, 0.3) is 0 Å². The van der Waals surface area contributed by atoms with E-state index in [4.69, 9.17) is 9.73 Å². The summed E-state index contributed by atoms with van der Waals surface area (Å²) in [5, 5.41) is 6.33. The molecule has 2 unspecified atom stereocenters. The number of piperazine rings is 1. The predicted molar refractivity (Wildman–Crippen MR) is 137 cm³/mol. The van der Waals surface area contributed by atoms with Crippen LogP contribution >= 0.6 is 0 Å². The Hall–Kier alpha value is -3.17. The summed E-state index contributed by atoms with van der Waals surface area (Å²) < 4.78 is 7.09. The van der Waals surface area contributed by atoms with Crippen LogP contribution < -0.4 is 15.4 Å². The van der Waals surface area contributed by atoms with Gasteiger partial charge in [-0.3, -0.25) is 14.3 Å². The summed E-state index contributed by atoms with van der Waals surface area (Å²) in [6.07, 6.45) is 12.1. The third-order valence-corrected chi connectivity index (χ3v) is 6.74. The van der Waals surface area contributed by atoms with Gasteiger partial charge in [0.05, 0.1) is 7.11 Å². The lowest BCUT2D eigenvalue weighted by molar-refractivity contribution is -0.123. The van der Waals surface area contributed by atoms with Crippen molar-refractivity contribution < 1.29 is 9.53 Å². The zero-order valence-corrected chi connectivity index (χ0v) is 21.0. The summed E-state index contributed by atoms with van der Waals surface area (Å²) in [5.41, 5.74) is 0.495. The van der Waals surface area contributed by atoms with Crippen LogP contribution in [0.5, 0.6) is 5.75 Å². The number of methoxy groups -OCH3 is 1. The van der Waals surface area contributed by atoms with Crippen molar-refractivity contribution in [3.05, 3.63) is 60.8 Å². The van der Waals surface area contributed by atoms with Crippen LogP contribution in [0, 0.1) is 0 Å². The molecule has 0 bridgehead atoms. The number of ether oxygens (including phenoxy) is 1. The number of benzene rings is 1. The van der Waals surface area contributed by atoms with E-state index in [0.717, 1.165) is 49.9 Å². The Morgan fingerprint density at radius 1 is 1.29 bits per heavy atom. The number of unbranched alkanes of at least 4 members (excludes halogenated alkanes) is 1. The Morgan fingerprint density at radius 3 is 2.83 bits per heavy atom. The standard InChI is InChI=1S/C26H37N7O2/c1-4-5-13-31-15-16-33(26(2)10-11-28-25(30-26)32-14-12-27-20-32)22(19-31)17-24(34)29-18-21-6-8-23(35-3)9-7-21/h6-12,14,20,22H,4-5,13,15-19H2,1-3H3,(H,28,30)(H,29,34). The molecule has 188 valence electrons. The van der Waals surface area contributed by atoms with Crippen LogP contribution in [0.3, 0.4) is 0 Å². The topological polar surface area (TPSA) is 87.0 Å². The highest BCUT2D eigenvalue weighted by Crippen LogP contribution is 2.28. The van der Waals surface area contributed by atoms with Gasteiger partial charge in [0, 0.05) is 57.2 Å². The van der Waals surface area contributed by atoms with Crippen LogP contribution in [-0.2, 0) is 11.3 Å². The Kier molecular flexibility index (Phi) is 8.20. The lowest BCUT2D eigenvalue weighted by Crippen LogP contribution is -2.62. The number of carbonyl (C=O) groups excluding carboxylic acids is 1. The number of hydrogen-bond donors (Lipinski definition) is 2. The normalized spacial score (nSPS) is 22.9. The minimum absolute atomic E-state index is 0.0495. The Morgan fingerprint density at radius 2 is 2.11 bits per heavy atom. The first kappa shape index (κ1) is 24.9. The average Bonchev–Trinajstić information content (AvgIpc) is 3.42. The highest BCUT2D eigenvalue weighted by molar-refractivity contribution is 5.84. The quantitative estimate of drug-likeness (QED) is 0.575. The van der Waals surface area contributed by atoms with Gasteiger partial charge in [-0.05, 0) is 43.7 Å². The third kappa shape index (κ3) is 6.29. The van der Waals surface area contributed by atoms with Gasteiger partial charge in [-0.15, -0.1) is 0 Å². The van der Waals surface area contributed by atoms with Crippen LogP contribution in [0.1, 0.15) is 38.7 Å². The number of amides is 1. The van der Waals surface area contributed by atoms with Crippen molar-refractivity contribution in [2.75, 3.05) is 33.3 Å². The summed E-state index contributed by atoms with van der Waals surface area (Å²) in [6, 6.07) is 7.83. The monoisotopic (exact) mass is 479 g/mol. The maximum absolute atomic E-state index is 13.1. The van der Waals surface area contributed by atoms with Gasteiger partial charge in [0.15, 0.2) is 0 Å². The minimum atomic E-state index is -0.553. The lowest BCUT2D eigenvalue weighted by Gasteiger charge is -2.48. The van der Waals surface area contributed by atoms with E-state index in [-0.39, 0.29) is 11.9 Å². The molecular weight excluding hydrogens is 442 g/mol. The highest BCUT2D eigenvalue weighted by atomic mass is 16.5. The minimum Gasteiger partial charge on any atom is -0.497 e. The molecule has 1 saturated heterocycles. The molecule has 0 radical (unpaired) electrons. The van der Waals surface area contributed by atoms with Gasteiger partial charge in [-0.1, -0.05) is 25.5 Å². The summed E-state index contributed by atoms with van der Waals surface area (Å²) in [5.74, 6) is 1.58. The molecule has 2 atom stereocenters. The zero-order chi connectivity index (χ0) is 24.7. The first-order valence-electron chi connectivity index (χ1n) is 12.4. The number of nitrogens with one attached hydrogen (secondary N) is 2. The van der Waals surface area contributed by atoms with E-state index in [0.29, 0.717) is 13.0 Å². The first-order chi connectivity index (χ1) is 17.0. The highest BCUT2D eigenvalue weighted by Gasteiger charge is 2.40. The summed E-state index contributed by atoms with van der Waals surface area (Å²) in [4.78, 5) is 27.1. The van der Waals surface area contributed by atoms with E-state index in [1.165, 1.54) is 6.42 Å². The van der Waals surface area contributed by atoms with Crippen LogP contribution in [0.2, 0.25) is 0 Å². The van der Waals surface area contributed by atoms with Crippen molar-refractivity contribution >= 4 is 11.9 Å². The van der Waals surface area contributed by atoms with Crippen molar-refractivity contribution in [2.45, 2.75) is 51.4 Å². The molecule has 2 aliphatic heterocycles. The molecule has 35 heavy (non-hydrogen) atoms. The second-order valence-electron chi connectivity index (χ2n) is 9.31. The zero-order valence-electron chi connectivity index (χ0n) is 21.0. The van der Waals surface area contributed by atoms with Crippen molar-refractivity contribution in [3.63, 3.8) is 0 Å². The van der Waals surface area contributed by atoms with Gasteiger partial charge >= 0.3 is 0 Å². The Labute approximate surface area is 207 Å². The number of rotatable bonds is 9.